The van der Waals surface area contributed by atoms with E-state index in [1.807, 2.05) is 19.2 Å². The first-order valence-corrected chi connectivity index (χ1v) is 4.89. The predicted octanol–water partition coefficient (Wildman–Crippen LogP) is 1.43. The maximum atomic E-state index is 4.36. The van der Waals surface area contributed by atoms with E-state index in [2.05, 4.69) is 20.1 Å². The molecule has 0 fully saturated rings. The zero-order valence-corrected chi connectivity index (χ0v) is 8.70. The minimum Gasteiger partial charge on any atom is -0.250 e. The molecule has 0 amide bonds. The van der Waals surface area contributed by atoms with Gasteiger partial charge in [-0.3, -0.25) is 4.68 Å². The topological polar surface area (TPSA) is 56.5 Å². The number of fused-ring (bicyclic) bond motifs is 1. The summed E-state index contributed by atoms with van der Waals surface area (Å²) in [5.74, 6) is 0. The van der Waals surface area contributed by atoms with E-state index < -0.39 is 0 Å². The van der Waals surface area contributed by atoms with E-state index in [0.717, 1.165) is 22.3 Å². The Morgan fingerprint density at radius 2 is 2.12 bits per heavy atom. The van der Waals surface area contributed by atoms with Crippen molar-refractivity contribution in [1.29, 1.82) is 0 Å². The lowest BCUT2D eigenvalue weighted by Crippen LogP contribution is -1.92. The van der Waals surface area contributed by atoms with Gasteiger partial charge in [-0.1, -0.05) is 0 Å². The normalized spacial score (nSPS) is 10.8. The Balaban J connectivity index is 2.19. The highest BCUT2D eigenvalue weighted by Crippen LogP contribution is 2.19. The third kappa shape index (κ3) is 1.33. The molecule has 0 N–H and O–H groups in total. The fourth-order valence-corrected chi connectivity index (χ4v) is 1.64. The summed E-state index contributed by atoms with van der Waals surface area (Å²) in [6.45, 7) is 0. The van der Waals surface area contributed by atoms with Gasteiger partial charge in [0.2, 0.25) is 0 Å². The third-order valence-corrected chi connectivity index (χ3v) is 2.45. The standard InChI is InChI=1S/C11H9N5/c1-16-11-9(6-15-16)4-8(5-13-11)10-2-3-12-7-14-10/h2-7H,1H3. The minimum atomic E-state index is 0.869. The van der Waals surface area contributed by atoms with Crippen molar-refractivity contribution in [1.82, 2.24) is 24.7 Å². The first kappa shape index (κ1) is 8.96. The second-order valence-corrected chi connectivity index (χ2v) is 3.50. The molecule has 0 atom stereocenters. The molecular weight excluding hydrogens is 202 g/mol. The Kier molecular flexibility index (Phi) is 1.89. The van der Waals surface area contributed by atoms with Crippen molar-refractivity contribution in [3.8, 4) is 11.3 Å². The van der Waals surface area contributed by atoms with Gasteiger partial charge in [-0.25, -0.2) is 15.0 Å². The van der Waals surface area contributed by atoms with Gasteiger partial charge >= 0.3 is 0 Å². The summed E-state index contributed by atoms with van der Waals surface area (Å²) in [5.41, 5.74) is 2.72. The lowest BCUT2D eigenvalue weighted by Gasteiger charge is -1.99. The molecule has 78 valence electrons. The molecule has 0 aliphatic heterocycles. The van der Waals surface area contributed by atoms with Gasteiger partial charge in [0.1, 0.15) is 6.33 Å². The second-order valence-electron chi connectivity index (χ2n) is 3.50. The van der Waals surface area contributed by atoms with Crippen LogP contribution < -0.4 is 0 Å². The van der Waals surface area contributed by atoms with E-state index in [1.165, 1.54) is 6.33 Å². The predicted molar refractivity (Wildman–Crippen MR) is 59.5 cm³/mol. The average Bonchev–Trinajstić information content (AvgIpc) is 2.72. The average molecular weight is 211 g/mol. The summed E-state index contributed by atoms with van der Waals surface area (Å²) < 4.78 is 1.75. The van der Waals surface area contributed by atoms with Crippen LogP contribution in [0.3, 0.4) is 0 Å². The zero-order valence-electron chi connectivity index (χ0n) is 8.70. The number of hydrogen-bond acceptors (Lipinski definition) is 4. The highest BCUT2D eigenvalue weighted by molar-refractivity contribution is 5.79. The smallest absolute Gasteiger partial charge is 0.157 e. The van der Waals surface area contributed by atoms with Crippen molar-refractivity contribution in [2.24, 2.45) is 7.05 Å². The van der Waals surface area contributed by atoms with E-state index in [1.54, 1.807) is 23.3 Å². The van der Waals surface area contributed by atoms with Crippen molar-refractivity contribution >= 4 is 11.0 Å². The Labute approximate surface area is 91.8 Å². The van der Waals surface area contributed by atoms with E-state index in [9.17, 15) is 0 Å². The van der Waals surface area contributed by atoms with Crippen LogP contribution in [0, 0.1) is 0 Å². The maximum absolute atomic E-state index is 4.36. The van der Waals surface area contributed by atoms with Crippen LogP contribution in [-0.4, -0.2) is 24.7 Å². The first-order chi connectivity index (χ1) is 7.84. The van der Waals surface area contributed by atoms with E-state index in [0.29, 0.717) is 0 Å². The van der Waals surface area contributed by atoms with Gasteiger partial charge in [0.15, 0.2) is 5.65 Å². The molecule has 5 nitrogen and oxygen atoms in total. The number of aromatic nitrogens is 5. The van der Waals surface area contributed by atoms with Crippen molar-refractivity contribution in [3.63, 3.8) is 0 Å². The van der Waals surface area contributed by atoms with Crippen LogP contribution >= 0.6 is 0 Å². The minimum absolute atomic E-state index is 0.869. The van der Waals surface area contributed by atoms with Crippen LogP contribution in [-0.2, 0) is 7.05 Å². The fourth-order valence-electron chi connectivity index (χ4n) is 1.64. The molecule has 3 aromatic rings. The summed E-state index contributed by atoms with van der Waals surface area (Å²) in [4.78, 5) is 12.4. The van der Waals surface area contributed by atoms with Crippen LogP contribution in [0.1, 0.15) is 0 Å². The lowest BCUT2D eigenvalue weighted by atomic mass is 10.2. The first-order valence-electron chi connectivity index (χ1n) is 4.89. The molecule has 0 bridgehead atoms. The molecule has 0 radical (unpaired) electrons. The lowest BCUT2D eigenvalue weighted by molar-refractivity contribution is 0.786. The summed E-state index contributed by atoms with van der Waals surface area (Å²) in [6.07, 6.45) is 6.85. The van der Waals surface area contributed by atoms with Gasteiger partial charge in [-0.05, 0) is 12.1 Å². The third-order valence-electron chi connectivity index (χ3n) is 2.45. The Bertz CT molecular complexity index is 629. The number of rotatable bonds is 1. The van der Waals surface area contributed by atoms with Crippen molar-refractivity contribution < 1.29 is 0 Å². The van der Waals surface area contributed by atoms with Gasteiger partial charge < -0.3 is 0 Å². The molecule has 3 heterocycles. The maximum Gasteiger partial charge on any atom is 0.157 e. The molecular formula is C11H9N5. The van der Waals surface area contributed by atoms with Crippen molar-refractivity contribution in [3.05, 3.63) is 37.1 Å². The van der Waals surface area contributed by atoms with Gasteiger partial charge in [-0.15, -0.1) is 0 Å². The highest BCUT2D eigenvalue weighted by atomic mass is 15.3. The number of aryl methyl sites for hydroxylation is 1. The summed E-state index contributed by atoms with van der Waals surface area (Å²) in [6, 6.07) is 3.89. The highest BCUT2D eigenvalue weighted by Gasteiger charge is 2.04. The molecule has 5 heteroatoms. The monoisotopic (exact) mass is 211 g/mol. The molecule has 0 aromatic carbocycles. The Hall–Kier alpha value is -2.30. The summed E-state index contributed by atoms with van der Waals surface area (Å²) in [7, 11) is 1.87. The van der Waals surface area contributed by atoms with E-state index in [4.69, 9.17) is 0 Å². The molecule has 3 rings (SSSR count). The molecule has 0 spiro atoms. The second kappa shape index (κ2) is 3.37. The van der Waals surface area contributed by atoms with Gasteiger partial charge in [0, 0.05) is 30.4 Å². The molecule has 0 unspecified atom stereocenters. The largest absolute Gasteiger partial charge is 0.250 e. The molecule has 0 saturated carbocycles. The Morgan fingerprint density at radius 1 is 1.19 bits per heavy atom. The Morgan fingerprint density at radius 3 is 2.94 bits per heavy atom. The van der Waals surface area contributed by atoms with Crippen LogP contribution in [0.15, 0.2) is 37.1 Å². The van der Waals surface area contributed by atoms with E-state index >= 15 is 0 Å². The fraction of sp³-hybridized carbons (Fsp3) is 0.0909. The SMILES string of the molecule is Cn1ncc2cc(-c3ccncn3)cnc21. The molecule has 3 aromatic heterocycles. The summed E-state index contributed by atoms with van der Waals surface area (Å²) in [5, 5.41) is 5.16. The number of hydrogen-bond donors (Lipinski definition) is 0. The quantitative estimate of drug-likeness (QED) is 0.611. The van der Waals surface area contributed by atoms with Crippen LogP contribution in [0.5, 0.6) is 0 Å². The molecule has 0 saturated heterocycles. The van der Waals surface area contributed by atoms with Gasteiger partial charge in [0.05, 0.1) is 11.9 Å². The molecule has 16 heavy (non-hydrogen) atoms. The van der Waals surface area contributed by atoms with E-state index in [-0.39, 0.29) is 0 Å². The zero-order chi connectivity index (χ0) is 11.0. The van der Waals surface area contributed by atoms with Crippen molar-refractivity contribution in [2.75, 3.05) is 0 Å². The number of nitrogens with zero attached hydrogens (tertiary/aromatic N) is 5. The van der Waals surface area contributed by atoms with Crippen LogP contribution in [0.2, 0.25) is 0 Å². The molecule has 0 aliphatic carbocycles. The summed E-state index contributed by atoms with van der Waals surface area (Å²) >= 11 is 0. The van der Waals surface area contributed by atoms with Crippen molar-refractivity contribution in [2.45, 2.75) is 0 Å². The van der Waals surface area contributed by atoms with Gasteiger partial charge in [0.25, 0.3) is 0 Å². The van der Waals surface area contributed by atoms with Crippen LogP contribution in [0.4, 0.5) is 0 Å². The number of pyridine rings is 1. The molecule has 0 aliphatic rings. The van der Waals surface area contributed by atoms with Crippen LogP contribution in [0.25, 0.3) is 22.3 Å². The van der Waals surface area contributed by atoms with Gasteiger partial charge in [-0.2, -0.15) is 5.10 Å².